The van der Waals surface area contributed by atoms with Gasteiger partial charge in [0.25, 0.3) is 15.9 Å². The minimum Gasteiger partial charge on any atom is -0.360 e. The number of hydrogen-bond donors (Lipinski definition) is 1. The molecule has 0 saturated heterocycles. The van der Waals surface area contributed by atoms with Crippen LogP contribution >= 0.6 is 0 Å². The van der Waals surface area contributed by atoms with Gasteiger partial charge < -0.3 is 9.42 Å². The molecular formula is C21H21N3O4S. The SMILES string of the molecule is Cc1noc(C)c1S(=O)(=O)Nc1ccc2c(c1)CCCN2C(=O)c1ccccc1. The Hall–Kier alpha value is -3.13. The number of benzene rings is 2. The minimum atomic E-state index is -3.82. The Morgan fingerprint density at radius 1 is 1.14 bits per heavy atom. The van der Waals surface area contributed by atoms with E-state index in [1.807, 2.05) is 18.2 Å². The summed E-state index contributed by atoms with van der Waals surface area (Å²) in [5.41, 5.74) is 3.12. The lowest BCUT2D eigenvalue weighted by atomic mass is 10.00. The fourth-order valence-electron chi connectivity index (χ4n) is 3.67. The first-order chi connectivity index (χ1) is 13.9. The summed E-state index contributed by atoms with van der Waals surface area (Å²) < 4.78 is 33.1. The van der Waals surface area contributed by atoms with Gasteiger partial charge in [-0.25, -0.2) is 8.42 Å². The van der Waals surface area contributed by atoms with Crippen molar-refractivity contribution in [1.29, 1.82) is 0 Å². The Morgan fingerprint density at radius 2 is 1.90 bits per heavy atom. The van der Waals surface area contributed by atoms with Crippen LogP contribution in [0, 0.1) is 13.8 Å². The van der Waals surface area contributed by atoms with Gasteiger partial charge in [-0.2, -0.15) is 0 Å². The van der Waals surface area contributed by atoms with E-state index in [4.69, 9.17) is 4.52 Å². The number of rotatable bonds is 4. The number of nitrogens with one attached hydrogen (secondary N) is 1. The summed E-state index contributed by atoms with van der Waals surface area (Å²) in [7, 11) is -3.82. The lowest BCUT2D eigenvalue weighted by Gasteiger charge is -2.30. The zero-order chi connectivity index (χ0) is 20.6. The highest BCUT2D eigenvalue weighted by molar-refractivity contribution is 7.92. The molecule has 0 radical (unpaired) electrons. The van der Waals surface area contributed by atoms with Gasteiger partial charge in [-0.1, -0.05) is 23.4 Å². The van der Waals surface area contributed by atoms with E-state index in [-0.39, 0.29) is 16.6 Å². The van der Waals surface area contributed by atoms with E-state index in [1.165, 1.54) is 0 Å². The van der Waals surface area contributed by atoms with Gasteiger partial charge >= 0.3 is 0 Å². The molecule has 1 aliphatic heterocycles. The fraction of sp³-hybridized carbons (Fsp3) is 0.238. The maximum Gasteiger partial charge on any atom is 0.267 e. The van der Waals surface area contributed by atoms with Crippen LogP contribution in [0.3, 0.4) is 0 Å². The van der Waals surface area contributed by atoms with Crippen molar-refractivity contribution in [1.82, 2.24) is 5.16 Å². The Balaban J connectivity index is 1.63. The molecule has 1 aliphatic rings. The summed E-state index contributed by atoms with van der Waals surface area (Å²) in [6.07, 6.45) is 1.58. The molecule has 0 spiro atoms. The zero-order valence-electron chi connectivity index (χ0n) is 16.2. The topological polar surface area (TPSA) is 92.5 Å². The van der Waals surface area contributed by atoms with Crippen LogP contribution in [-0.4, -0.2) is 26.0 Å². The molecule has 1 aromatic heterocycles. The Labute approximate surface area is 169 Å². The van der Waals surface area contributed by atoms with Gasteiger partial charge in [0.2, 0.25) is 0 Å². The van der Waals surface area contributed by atoms with Crippen LogP contribution in [0.5, 0.6) is 0 Å². The van der Waals surface area contributed by atoms with Crippen LogP contribution in [0.1, 0.15) is 33.8 Å². The molecule has 0 bridgehead atoms. The maximum atomic E-state index is 12.9. The first-order valence-electron chi connectivity index (χ1n) is 9.32. The van der Waals surface area contributed by atoms with Crippen molar-refractivity contribution in [2.75, 3.05) is 16.2 Å². The minimum absolute atomic E-state index is 0.0519. The number of anilines is 2. The number of carbonyl (C=O) groups is 1. The Bertz CT molecular complexity index is 1150. The summed E-state index contributed by atoms with van der Waals surface area (Å²) in [6.45, 7) is 3.78. The maximum absolute atomic E-state index is 12.9. The van der Waals surface area contributed by atoms with Crippen molar-refractivity contribution in [2.45, 2.75) is 31.6 Å². The standard InChI is InChI=1S/C21H21N3O4S/c1-14-20(15(2)28-22-14)29(26,27)23-18-10-11-19-17(13-18)9-6-12-24(19)21(25)16-7-4-3-5-8-16/h3-5,7-8,10-11,13,23H,6,9,12H2,1-2H3. The molecule has 8 heteroatoms. The van der Waals surface area contributed by atoms with Crippen LogP contribution < -0.4 is 9.62 Å². The molecule has 1 amide bonds. The molecule has 0 atom stereocenters. The second-order valence-corrected chi connectivity index (χ2v) is 8.65. The molecule has 3 aromatic rings. The number of aromatic nitrogens is 1. The van der Waals surface area contributed by atoms with Gasteiger partial charge in [-0.15, -0.1) is 0 Å². The summed E-state index contributed by atoms with van der Waals surface area (Å²) in [6, 6.07) is 14.4. The van der Waals surface area contributed by atoms with E-state index in [0.29, 0.717) is 23.5 Å². The molecule has 2 heterocycles. The van der Waals surface area contributed by atoms with Crippen LogP contribution in [-0.2, 0) is 16.4 Å². The van der Waals surface area contributed by atoms with E-state index >= 15 is 0 Å². The lowest BCUT2D eigenvalue weighted by Crippen LogP contribution is -2.35. The number of fused-ring (bicyclic) bond motifs is 1. The van der Waals surface area contributed by atoms with Gasteiger partial charge in [0.15, 0.2) is 10.7 Å². The van der Waals surface area contributed by atoms with Crippen molar-refractivity contribution in [2.24, 2.45) is 0 Å². The first kappa shape index (κ1) is 19.2. The van der Waals surface area contributed by atoms with E-state index in [1.54, 1.807) is 49.1 Å². The average molecular weight is 411 g/mol. The predicted molar refractivity (Wildman–Crippen MR) is 110 cm³/mol. The first-order valence-corrected chi connectivity index (χ1v) is 10.8. The third kappa shape index (κ3) is 3.63. The van der Waals surface area contributed by atoms with Crippen LogP contribution in [0.4, 0.5) is 11.4 Å². The largest absolute Gasteiger partial charge is 0.360 e. The van der Waals surface area contributed by atoms with E-state index < -0.39 is 10.0 Å². The van der Waals surface area contributed by atoms with Crippen LogP contribution in [0.2, 0.25) is 0 Å². The molecule has 150 valence electrons. The lowest BCUT2D eigenvalue weighted by molar-refractivity contribution is 0.0985. The fourth-order valence-corrected chi connectivity index (χ4v) is 5.05. The third-order valence-corrected chi connectivity index (χ3v) is 6.58. The quantitative estimate of drug-likeness (QED) is 0.707. The molecular weight excluding hydrogens is 390 g/mol. The van der Waals surface area contributed by atoms with E-state index in [9.17, 15) is 13.2 Å². The monoisotopic (exact) mass is 411 g/mol. The molecule has 29 heavy (non-hydrogen) atoms. The summed E-state index contributed by atoms with van der Waals surface area (Å²) >= 11 is 0. The number of carbonyl (C=O) groups excluding carboxylic acids is 1. The summed E-state index contributed by atoms with van der Waals surface area (Å²) in [5, 5.41) is 3.71. The second kappa shape index (κ2) is 7.36. The van der Waals surface area contributed by atoms with Crippen molar-refractivity contribution in [3.8, 4) is 0 Å². The molecule has 1 N–H and O–H groups in total. The van der Waals surface area contributed by atoms with Gasteiger partial charge in [-0.3, -0.25) is 9.52 Å². The van der Waals surface area contributed by atoms with E-state index in [0.717, 1.165) is 24.1 Å². The summed E-state index contributed by atoms with van der Waals surface area (Å²) in [5.74, 6) is 0.184. The number of aryl methyl sites for hydroxylation is 3. The van der Waals surface area contributed by atoms with Crippen molar-refractivity contribution >= 4 is 27.3 Å². The third-order valence-electron chi connectivity index (χ3n) is 4.95. The number of amides is 1. The van der Waals surface area contributed by atoms with Gasteiger partial charge in [0.1, 0.15) is 5.69 Å². The van der Waals surface area contributed by atoms with E-state index in [2.05, 4.69) is 9.88 Å². The van der Waals surface area contributed by atoms with Crippen molar-refractivity contribution in [3.63, 3.8) is 0 Å². The summed E-state index contributed by atoms with van der Waals surface area (Å²) in [4.78, 5) is 14.7. The molecule has 0 aliphatic carbocycles. The Morgan fingerprint density at radius 3 is 2.59 bits per heavy atom. The molecule has 0 saturated carbocycles. The smallest absolute Gasteiger partial charge is 0.267 e. The molecule has 0 fully saturated rings. The van der Waals surface area contributed by atoms with Gasteiger partial charge in [0, 0.05) is 23.5 Å². The van der Waals surface area contributed by atoms with Crippen LogP contribution in [0.25, 0.3) is 0 Å². The highest BCUT2D eigenvalue weighted by atomic mass is 32.2. The second-order valence-electron chi connectivity index (χ2n) is 7.03. The van der Waals surface area contributed by atoms with Gasteiger partial charge in [-0.05, 0) is 62.6 Å². The predicted octanol–water partition coefficient (Wildman–Crippen LogP) is 3.69. The molecule has 0 unspecified atom stereocenters. The van der Waals surface area contributed by atoms with Crippen molar-refractivity contribution in [3.05, 3.63) is 71.1 Å². The highest BCUT2D eigenvalue weighted by Gasteiger charge is 2.26. The van der Waals surface area contributed by atoms with Crippen LogP contribution in [0.15, 0.2) is 57.9 Å². The normalized spacial score (nSPS) is 13.8. The molecule has 4 rings (SSSR count). The number of sulfonamides is 1. The average Bonchev–Trinajstić information content (AvgIpc) is 3.06. The number of nitrogens with zero attached hydrogens (tertiary/aromatic N) is 2. The number of hydrogen-bond acceptors (Lipinski definition) is 5. The highest BCUT2D eigenvalue weighted by Crippen LogP contribution is 2.32. The van der Waals surface area contributed by atoms with Gasteiger partial charge in [0.05, 0.1) is 0 Å². The Kier molecular flexibility index (Phi) is 4.87. The molecule has 2 aromatic carbocycles. The van der Waals surface area contributed by atoms with Crippen molar-refractivity contribution < 1.29 is 17.7 Å². The molecule has 7 nitrogen and oxygen atoms in total. The zero-order valence-corrected chi connectivity index (χ0v) is 17.0.